The van der Waals surface area contributed by atoms with E-state index in [0.717, 1.165) is 95.1 Å². The quantitative estimate of drug-likeness (QED) is 0.123. The Balaban J connectivity index is 0.00000480. The minimum atomic E-state index is -0.897. The first-order valence-corrected chi connectivity index (χ1v) is 22.9. The van der Waals surface area contributed by atoms with Gasteiger partial charge in [0.2, 0.25) is 6.33 Å². The molecule has 3 atom stereocenters. The Morgan fingerprint density at radius 1 is 0.471 bits per heavy atom. The Bertz CT molecular complexity index is 3500. The van der Waals surface area contributed by atoms with Gasteiger partial charge in [0.1, 0.15) is 5.54 Å². The molecule has 0 aliphatic heterocycles. The number of hydrogen-bond donors (Lipinski definition) is 0. The van der Waals surface area contributed by atoms with Crippen LogP contribution in [0.4, 0.5) is 0 Å². The van der Waals surface area contributed by atoms with Crippen molar-refractivity contribution < 1.29 is 25.6 Å². The number of aryl methyl sites for hydroxylation is 1. The Morgan fingerprint density at radius 3 is 1.53 bits per heavy atom. The number of benzene rings is 5. The van der Waals surface area contributed by atoms with Crippen molar-refractivity contribution in [3.8, 4) is 33.8 Å². The van der Waals surface area contributed by atoms with Gasteiger partial charge in [-0.2, -0.15) is 48.5 Å². The van der Waals surface area contributed by atoms with Gasteiger partial charge in [0, 0.05) is 79.1 Å². The van der Waals surface area contributed by atoms with Crippen LogP contribution >= 0.6 is 0 Å². The molecule has 5 aromatic heterocycles. The second-order valence-electron chi connectivity index (χ2n) is 19.1. The average molecular weight is 1060 g/mol. The maximum absolute atomic E-state index is 5.31. The third-order valence-electron chi connectivity index (χ3n) is 14.6. The van der Waals surface area contributed by atoms with E-state index in [-0.39, 0.29) is 26.5 Å². The molecule has 5 aromatic carbocycles. The third-order valence-corrected chi connectivity index (χ3v) is 14.6. The molecule has 0 N–H and O–H groups in total. The van der Waals surface area contributed by atoms with Gasteiger partial charge in [0.25, 0.3) is 0 Å². The van der Waals surface area contributed by atoms with E-state index in [9.17, 15) is 0 Å². The molecule has 0 saturated carbocycles. The van der Waals surface area contributed by atoms with Gasteiger partial charge >= 0.3 is 0 Å². The first-order valence-electron chi connectivity index (χ1n) is 22.9. The molecule has 0 spiro atoms. The summed E-state index contributed by atoms with van der Waals surface area (Å²) in [5.74, 6) is 0. The fourth-order valence-electron chi connectivity index (χ4n) is 11.8. The van der Waals surface area contributed by atoms with Crippen LogP contribution in [0.15, 0.2) is 195 Å². The molecule has 3 aliphatic rings. The summed E-state index contributed by atoms with van der Waals surface area (Å²) >= 11 is 0. The fourth-order valence-corrected chi connectivity index (χ4v) is 11.8. The minimum Gasteiger partial charge on any atom is -0.354 e. The zero-order chi connectivity index (χ0) is 45.1. The summed E-state index contributed by atoms with van der Waals surface area (Å²) in [5.41, 5.74) is 16.2. The number of nitrogens with zero attached hydrogens (tertiary/aromatic N) is 6. The first-order chi connectivity index (χ1) is 32.8. The molecule has 7 heteroatoms. The van der Waals surface area contributed by atoms with E-state index in [2.05, 4.69) is 208 Å². The summed E-state index contributed by atoms with van der Waals surface area (Å²) < 4.78 is 4.19. The molecule has 0 fully saturated rings. The van der Waals surface area contributed by atoms with Crippen LogP contribution < -0.4 is 4.57 Å². The van der Waals surface area contributed by atoms with Gasteiger partial charge < -0.3 is 9.13 Å². The molecule has 0 radical (unpaired) electrons. The molecule has 5 heterocycles. The first kappa shape index (κ1) is 42.0. The molecule has 3 unspecified atom stereocenters. The minimum absolute atomic E-state index is 0. The Hall–Kier alpha value is -7.40. The molecule has 0 saturated heterocycles. The van der Waals surface area contributed by atoms with E-state index in [1.165, 1.54) is 5.56 Å². The van der Waals surface area contributed by atoms with E-state index in [1.807, 2.05) is 42.5 Å². The molecule has 3 aliphatic carbocycles. The molecule has 10 aromatic rings. The molecular formula is C61H44N6Pt-2. The molecule has 68 heavy (non-hydrogen) atoms. The largest absolute Gasteiger partial charge is 0.354 e. The van der Waals surface area contributed by atoms with Crippen molar-refractivity contribution in [1.82, 2.24) is 24.5 Å². The third kappa shape index (κ3) is 5.52. The van der Waals surface area contributed by atoms with Crippen molar-refractivity contribution >= 4 is 0 Å². The fraction of sp³-hybridized carbons (Fsp3) is 0.131. The predicted octanol–water partition coefficient (Wildman–Crippen LogP) is 11.1. The van der Waals surface area contributed by atoms with Crippen molar-refractivity contribution in [2.24, 2.45) is 7.05 Å². The number of pyridine rings is 4. The zero-order valence-electron chi connectivity index (χ0n) is 38.0. The predicted molar refractivity (Wildman–Crippen MR) is 260 cm³/mol. The number of aromatic nitrogens is 6. The number of hydrogen-bond acceptors (Lipinski definition) is 4. The molecule has 0 amide bonds. The van der Waals surface area contributed by atoms with Gasteiger partial charge in [-0.15, -0.1) is 22.3 Å². The van der Waals surface area contributed by atoms with Crippen molar-refractivity contribution in [3.63, 3.8) is 0 Å². The Morgan fingerprint density at radius 2 is 0.941 bits per heavy atom. The Kier molecular flexibility index (Phi) is 9.46. The molecular weight excluding hydrogens is 1010 g/mol. The van der Waals surface area contributed by atoms with E-state index in [4.69, 9.17) is 19.9 Å². The standard InChI is InChI=1S/C61H44N6.Pt/c1-58(2,3)40-29-33-62-54(38-40)60(49-24-9-6-21-46(49)56-52(60)27-14-31-64-56)43-18-11-16-41(36-43)59(48-23-8-5-20-45(48)55-51(59)26-13-30-63-55)42-17-12-19-44(37-42)61(67-35-34-66(4)39-67)50-25-10-7-22-47(50)57-53(61)28-15-32-65-57;/h5-35,38H,1-4H3;/q-2;. The van der Waals surface area contributed by atoms with Crippen LogP contribution in [-0.2, 0) is 49.9 Å². The molecule has 13 rings (SSSR count). The summed E-state index contributed by atoms with van der Waals surface area (Å²) in [6.45, 7) is 6.79. The van der Waals surface area contributed by atoms with E-state index >= 15 is 0 Å². The summed E-state index contributed by atoms with van der Waals surface area (Å²) in [6.07, 6.45) is 15.5. The number of rotatable bonds is 6. The van der Waals surface area contributed by atoms with Gasteiger partial charge in [-0.3, -0.25) is 19.9 Å². The molecule has 0 bridgehead atoms. The van der Waals surface area contributed by atoms with Crippen LogP contribution in [0, 0.1) is 18.5 Å². The van der Waals surface area contributed by atoms with Crippen molar-refractivity contribution in [2.75, 3.05) is 0 Å². The van der Waals surface area contributed by atoms with Crippen molar-refractivity contribution in [3.05, 3.63) is 280 Å². The van der Waals surface area contributed by atoms with Crippen molar-refractivity contribution in [1.29, 1.82) is 0 Å². The average Bonchev–Trinajstić information content (AvgIpc) is 4.11. The summed E-state index contributed by atoms with van der Waals surface area (Å²) in [4.78, 5) is 20.6. The van der Waals surface area contributed by atoms with Crippen LogP contribution in [0.25, 0.3) is 33.8 Å². The number of imidazole rings is 1. The van der Waals surface area contributed by atoms with Crippen LogP contribution in [0.2, 0.25) is 0 Å². The normalized spacial score (nSPS) is 19.2. The van der Waals surface area contributed by atoms with Crippen LogP contribution in [0.5, 0.6) is 0 Å². The van der Waals surface area contributed by atoms with E-state index in [0.29, 0.717) is 0 Å². The van der Waals surface area contributed by atoms with Crippen LogP contribution in [-0.4, -0.2) is 24.5 Å². The molecule has 330 valence electrons. The summed E-state index contributed by atoms with van der Waals surface area (Å²) in [5, 5.41) is 0. The second-order valence-corrected chi connectivity index (χ2v) is 19.1. The smallest absolute Gasteiger partial charge is 0.204 e. The summed E-state index contributed by atoms with van der Waals surface area (Å²) in [7, 11) is 2.02. The van der Waals surface area contributed by atoms with E-state index < -0.39 is 16.4 Å². The maximum atomic E-state index is 5.31. The van der Waals surface area contributed by atoms with Gasteiger partial charge in [-0.05, 0) is 76.0 Å². The SMILES string of the molecule is C[n+]1[c-]n(C2(c3[c-]c(C4(c5[c-]c(C6(c7cc(C(C)(C)C)ccn7)c7ccccc7-c7ncccc76)ccc5)c5ccccc5-c5ncccc54)ccc3)c3ccccc3-c3ncccc32)cc1.[Pt]. The summed E-state index contributed by atoms with van der Waals surface area (Å²) in [6, 6.07) is 65.2. The van der Waals surface area contributed by atoms with Gasteiger partial charge in [-0.25, -0.2) is 0 Å². The van der Waals surface area contributed by atoms with Gasteiger partial charge in [0.15, 0.2) is 0 Å². The topological polar surface area (TPSA) is 60.4 Å². The Labute approximate surface area is 411 Å². The molecule has 6 nitrogen and oxygen atoms in total. The van der Waals surface area contributed by atoms with Crippen LogP contribution in [0.3, 0.4) is 0 Å². The van der Waals surface area contributed by atoms with Gasteiger partial charge in [0.05, 0.1) is 35.2 Å². The number of fused-ring (bicyclic) bond motifs is 9. The van der Waals surface area contributed by atoms with Gasteiger partial charge in [-0.1, -0.05) is 112 Å². The monoisotopic (exact) mass is 1060 g/mol. The van der Waals surface area contributed by atoms with Crippen molar-refractivity contribution in [2.45, 2.75) is 42.6 Å². The maximum Gasteiger partial charge on any atom is 0.204 e. The zero-order valence-corrected chi connectivity index (χ0v) is 40.2. The second kappa shape index (κ2) is 15.3. The van der Waals surface area contributed by atoms with Crippen LogP contribution in [0.1, 0.15) is 87.7 Å². The van der Waals surface area contributed by atoms with E-state index in [1.54, 1.807) is 0 Å².